The standard InChI is InChI=1S/C11H15FN2O/c12-5-6-15-11-4-3-10(14-8-11)7-13-9-1-2-9/h3-4,8-9,13H,1-2,5-7H2. The lowest BCUT2D eigenvalue weighted by Gasteiger charge is -2.05. The SMILES string of the molecule is FCCOc1ccc(CNC2CC2)nc1. The van der Waals surface area contributed by atoms with Crippen molar-refractivity contribution in [1.82, 2.24) is 10.3 Å². The summed E-state index contributed by atoms with van der Waals surface area (Å²) in [5, 5.41) is 3.37. The first-order valence-electron chi connectivity index (χ1n) is 5.25. The van der Waals surface area contributed by atoms with Gasteiger partial charge in [0.1, 0.15) is 19.0 Å². The molecule has 0 aliphatic heterocycles. The Labute approximate surface area is 88.7 Å². The molecule has 0 unspecified atom stereocenters. The summed E-state index contributed by atoms with van der Waals surface area (Å²) in [4.78, 5) is 4.22. The summed E-state index contributed by atoms with van der Waals surface area (Å²) >= 11 is 0. The van der Waals surface area contributed by atoms with Gasteiger partial charge in [-0.1, -0.05) is 0 Å². The quantitative estimate of drug-likeness (QED) is 0.775. The van der Waals surface area contributed by atoms with Gasteiger partial charge in [-0.2, -0.15) is 0 Å². The Balaban J connectivity index is 1.79. The molecule has 0 atom stereocenters. The molecule has 1 aliphatic carbocycles. The Hall–Kier alpha value is -1.16. The minimum absolute atomic E-state index is 0.0986. The van der Waals surface area contributed by atoms with Gasteiger partial charge in [0.05, 0.1) is 11.9 Å². The van der Waals surface area contributed by atoms with Crippen LogP contribution in [-0.4, -0.2) is 24.3 Å². The Morgan fingerprint density at radius 3 is 2.93 bits per heavy atom. The molecule has 3 nitrogen and oxygen atoms in total. The van der Waals surface area contributed by atoms with Crippen LogP contribution in [0.2, 0.25) is 0 Å². The number of alkyl halides is 1. The Morgan fingerprint density at radius 1 is 1.47 bits per heavy atom. The second-order valence-corrected chi connectivity index (χ2v) is 3.68. The lowest BCUT2D eigenvalue weighted by atomic mass is 10.3. The second-order valence-electron chi connectivity index (χ2n) is 3.68. The van der Waals surface area contributed by atoms with Crippen molar-refractivity contribution in [2.75, 3.05) is 13.3 Å². The van der Waals surface area contributed by atoms with Gasteiger partial charge in [0.15, 0.2) is 0 Å². The third-order valence-electron chi connectivity index (χ3n) is 2.29. The third kappa shape index (κ3) is 3.47. The zero-order chi connectivity index (χ0) is 10.5. The molecule has 1 aromatic rings. The lowest BCUT2D eigenvalue weighted by Crippen LogP contribution is -2.16. The number of hydrogen-bond donors (Lipinski definition) is 1. The van der Waals surface area contributed by atoms with Gasteiger partial charge in [-0.15, -0.1) is 0 Å². The number of pyridine rings is 1. The van der Waals surface area contributed by atoms with Crippen LogP contribution in [0.3, 0.4) is 0 Å². The molecule has 1 aromatic heterocycles. The van der Waals surface area contributed by atoms with E-state index < -0.39 is 6.67 Å². The number of nitrogens with one attached hydrogen (secondary N) is 1. The predicted molar refractivity (Wildman–Crippen MR) is 55.6 cm³/mol. The van der Waals surface area contributed by atoms with Crippen molar-refractivity contribution in [2.24, 2.45) is 0 Å². The van der Waals surface area contributed by atoms with Crippen LogP contribution in [0.5, 0.6) is 5.75 Å². The van der Waals surface area contributed by atoms with Gasteiger partial charge in [-0.05, 0) is 25.0 Å². The number of aromatic nitrogens is 1. The highest BCUT2D eigenvalue weighted by Crippen LogP contribution is 2.19. The molecule has 0 radical (unpaired) electrons. The summed E-state index contributed by atoms with van der Waals surface area (Å²) in [7, 11) is 0. The molecule has 1 fully saturated rings. The van der Waals surface area contributed by atoms with E-state index in [0.717, 1.165) is 12.2 Å². The first kappa shape index (κ1) is 10.4. The van der Waals surface area contributed by atoms with Gasteiger partial charge in [0.2, 0.25) is 0 Å². The van der Waals surface area contributed by atoms with Gasteiger partial charge >= 0.3 is 0 Å². The highest BCUT2D eigenvalue weighted by atomic mass is 19.1. The van der Waals surface area contributed by atoms with E-state index in [2.05, 4.69) is 10.3 Å². The minimum atomic E-state index is -0.467. The molecule has 1 N–H and O–H groups in total. The van der Waals surface area contributed by atoms with Crippen molar-refractivity contribution in [3.05, 3.63) is 24.0 Å². The maximum atomic E-state index is 11.8. The Morgan fingerprint density at radius 2 is 2.33 bits per heavy atom. The van der Waals surface area contributed by atoms with E-state index in [1.54, 1.807) is 6.20 Å². The molecule has 1 heterocycles. The van der Waals surface area contributed by atoms with E-state index in [0.29, 0.717) is 11.8 Å². The van der Waals surface area contributed by atoms with Gasteiger partial charge < -0.3 is 10.1 Å². The van der Waals surface area contributed by atoms with Crippen LogP contribution < -0.4 is 10.1 Å². The van der Waals surface area contributed by atoms with Crippen LogP contribution in [-0.2, 0) is 6.54 Å². The molecule has 82 valence electrons. The van der Waals surface area contributed by atoms with Crippen molar-refractivity contribution in [3.63, 3.8) is 0 Å². The smallest absolute Gasteiger partial charge is 0.137 e. The molecule has 1 aliphatic rings. The van der Waals surface area contributed by atoms with Crippen LogP contribution >= 0.6 is 0 Å². The molecular formula is C11H15FN2O. The molecule has 0 saturated heterocycles. The maximum absolute atomic E-state index is 11.8. The number of halogens is 1. The number of nitrogens with zero attached hydrogens (tertiary/aromatic N) is 1. The van der Waals surface area contributed by atoms with Crippen molar-refractivity contribution in [2.45, 2.75) is 25.4 Å². The van der Waals surface area contributed by atoms with Crippen LogP contribution in [0.15, 0.2) is 18.3 Å². The van der Waals surface area contributed by atoms with E-state index >= 15 is 0 Å². The average molecular weight is 210 g/mol. The van der Waals surface area contributed by atoms with Crippen molar-refractivity contribution < 1.29 is 9.13 Å². The summed E-state index contributed by atoms with van der Waals surface area (Å²) in [5.41, 5.74) is 0.995. The number of ether oxygens (including phenoxy) is 1. The van der Waals surface area contributed by atoms with Crippen LogP contribution in [0.25, 0.3) is 0 Å². The first-order chi connectivity index (χ1) is 7.38. The fourth-order valence-corrected chi connectivity index (χ4v) is 1.29. The topological polar surface area (TPSA) is 34.1 Å². The fraction of sp³-hybridized carbons (Fsp3) is 0.545. The molecule has 0 bridgehead atoms. The van der Waals surface area contributed by atoms with Crippen molar-refractivity contribution >= 4 is 0 Å². The highest BCUT2D eigenvalue weighted by molar-refractivity contribution is 5.19. The first-order valence-corrected chi connectivity index (χ1v) is 5.25. The number of hydrogen-bond acceptors (Lipinski definition) is 3. The largest absolute Gasteiger partial charge is 0.489 e. The summed E-state index contributed by atoms with van der Waals surface area (Å²) < 4.78 is 16.9. The van der Waals surface area contributed by atoms with Crippen molar-refractivity contribution in [3.8, 4) is 5.75 Å². The van der Waals surface area contributed by atoms with E-state index in [9.17, 15) is 4.39 Å². The monoisotopic (exact) mass is 210 g/mol. The van der Waals surface area contributed by atoms with Gasteiger partial charge in [-0.25, -0.2) is 4.39 Å². The zero-order valence-corrected chi connectivity index (χ0v) is 8.58. The average Bonchev–Trinajstić information content (AvgIpc) is 3.09. The van der Waals surface area contributed by atoms with Gasteiger partial charge in [0.25, 0.3) is 0 Å². The van der Waals surface area contributed by atoms with E-state index in [-0.39, 0.29) is 6.61 Å². The van der Waals surface area contributed by atoms with Crippen LogP contribution in [0.4, 0.5) is 4.39 Å². The molecular weight excluding hydrogens is 195 g/mol. The maximum Gasteiger partial charge on any atom is 0.137 e. The third-order valence-corrected chi connectivity index (χ3v) is 2.29. The normalized spacial score (nSPS) is 15.3. The van der Waals surface area contributed by atoms with Crippen molar-refractivity contribution in [1.29, 1.82) is 0 Å². The van der Waals surface area contributed by atoms with E-state index in [1.807, 2.05) is 12.1 Å². The van der Waals surface area contributed by atoms with E-state index in [1.165, 1.54) is 12.8 Å². The number of rotatable bonds is 6. The molecule has 0 spiro atoms. The summed E-state index contributed by atoms with van der Waals surface area (Å²) in [6.07, 6.45) is 4.19. The minimum Gasteiger partial charge on any atom is -0.489 e. The predicted octanol–water partition coefficient (Wildman–Crippen LogP) is 1.68. The molecule has 1 saturated carbocycles. The van der Waals surface area contributed by atoms with Crippen LogP contribution in [0, 0.1) is 0 Å². The summed E-state index contributed by atoms with van der Waals surface area (Å²) in [5.74, 6) is 0.628. The molecule has 0 amide bonds. The molecule has 2 rings (SSSR count). The molecule has 15 heavy (non-hydrogen) atoms. The summed E-state index contributed by atoms with van der Waals surface area (Å²) in [6.45, 7) is 0.431. The van der Waals surface area contributed by atoms with Gasteiger partial charge in [-0.3, -0.25) is 4.98 Å². The lowest BCUT2D eigenvalue weighted by molar-refractivity contribution is 0.272. The van der Waals surface area contributed by atoms with Crippen LogP contribution in [0.1, 0.15) is 18.5 Å². The second kappa shape index (κ2) is 5.07. The molecule has 0 aromatic carbocycles. The Kier molecular flexibility index (Phi) is 3.50. The van der Waals surface area contributed by atoms with Gasteiger partial charge in [0, 0.05) is 12.6 Å². The fourth-order valence-electron chi connectivity index (χ4n) is 1.29. The molecule has 4 heteroatoms. The Bertz CT molecular complexity index is 298. The summed E-state index contributed by atoms with van der Waals surface area (Å²) in [6, 6.07) is 4.42. The van der Waals surface area contributed by atoms with E-state index in [4.69, 9.17) is 4.74 Å². The zero-order valence-electron chi connectivity index (χ0n) is 8.58. The highest BCUT2D eigenvalue weighted by Gasteiger charge is 2.19.